The van der Waals surface area contributed by atoms with Gasteiger partial charge in [0.15, 0.2) is 12.2 Å². The number of rotatable bonds is 2. The Bertz CT molecular complexity index is 548. The Morgan fingerprint density at radius 3 is 3.06 bits per heavy atom. The molecule has 2 aromatic rings. The molecule has 0 spiro atoms. The van der Waals surface area contributed by atoms with Gasteiger partial charge in [-0.05, 0) is 7.05 Å². The van der Waals surface area contributed by atoms with Crippen molar-refractivity contribution >= 4 is 11.9 Å². The van der Waals surface area contributed by atoms with Crippen molar-refractivity contribution < 1.29 is 13.6 Å². The first-order chi connectivity index (χ1) is 8.81. The van der Waals surface area contributed by atoms with Crippen LogP contribution in [0.5, 0.6) is 0 Å². The summed E-state index contributed by atoms with van der Waals surface area (Å²) in [6.45, 7) is 0.469. The number of nitrogens with zero attached hydrogens (tertiary/aromatic N) is 3. The zero-order valence-corrected chi connectivity index (χ0v) is 9.79. The van der Waals surface area contributed by atoms with Gasteiger partial charge in [0.25, 0.3) is 5.91 Å². The molecule has 94 valence electrons. The SMILES string of the molecule is CNC1C(=O)N(c2ncco2)CCc2ncoc21. The Balaban J connectivity index is 1.99. The van der Waals surface area contributed by atoms with E-state index in [0.29, 0.717) is 24.7 Å². The summed E-state index contributed by atoms with van der Waals surface area (Å²) in [7, 11) is 1.70. The number of anilines is 1. The molecule has 3 rings (SSSR count). The molecule has 1 aliphatic heterocycles. The number of hydrogen-bond acceptors (Lipinski definition) is 6. The maximum Gasteiger partial charge on any atom is 0.304 e. The molecule has 0 bridgehead atoms. The smallest absolute Gasteiger partial charge is 0.304 e. The first-order valence-electron chi connectivity index (χ1n) is 5.61. The first-order valence-corrected chi connectivity index (χ1v) is 5.61. The normalized spacial score (nSPS) is 19.7. The van der Waals surface area contributed by atoms with Gasteiger partial charge in [-0.2, -0.15) is 0 Å². The van der Waals surface area contributed by atoms with Crippen molar-refractivity contribution in [1.29, 1.82) is 0 Å². The molecule has 0 radical (unpaired) electrons. The van der Waals surface area contributed by atoms with Crippen molar-refractivity contribution in [2.24, 2.45) is 0 Å². The highest BCUT2D eigenvalue weighted by Crippen LogP contribution is 2.26. The second kappa shape index (κ2) is 4.26. The minimum Gasteiger partial charge on any atom is -0.446 e. The fourth-order valence-corrected chi connectivity index (χ4v) is 2.09. The van der Waals surface area contributed by atoms with E-state index >= 15 is 0 Å². The molecule has 7 heteroatoms. The van der Waals surface area contributed by atoms with E-state index in [-0.39, 0.29) is 5.91 Å². The molecule has 1 unspecified atom stereocenters. The van der Waals surface area contributed by atoms with Gasteiger partial charge in [0.1, 0.15) is 12.3 Å². The van der Waals surface area contributed by atoms with E-state index in [1.165, 1.54) is 23.8 Å². The second-order valence-corrected chi connectivity index (χ2v) is 3.94. The summed E-state index contributed by atoms with van der Waals surface area (Å²) in [4.78, 5) is 22.0. The van der Waals surface area contributed by atoms with E-state index in [9.17, 15) is 4.79 Å². The van der Waals surface area contributed by atoms with E-state index < -0.39 is 6.04 Å². The first kappa shape index (κ1) is 11.0. The van der Waals surface area contributed by atoms with Gasteiger partial charge in [0.05, 0.1) is 11.9 Å². The van der Waals surface area contributed by atoms with E-state index in [0.717, 1.165) is 5.69 Å². The maximum atomic E-state index is 12.4. The molecule has 1 N–H and O–H groups in total. The van der Waals surface area contributed by atoms with Gasteiger partial charge in [-0.15, -0.1) is 0 Å². The molecule has 0 saturated carbocycles. The summed E-state index contributed by atoms with van der Waals surface area (Å²) in [5.41, 5.74) is 0.789. The lowest BCUT2D eigenvalue weighted by atomic mass is 10.2. The molecule has 0 aromatic carbocycles. The largest absolute Gasteiger partial charge is 0.446 e. The molecular weight excluding hydrogens is 236 g/mol. The Morgan fingerprint density at radius 2 is 2.33 bits per heavy atom. The lowest BCUT2D eigenvalue weighted by Gasteiger charge is -2.19. The predicted molar refractivity (Wildman–Crippen MR) is 60.9 cm³/mol. The average Bonchev–Trinajstić information content (AvgIpc) is 3.01. The molecule has 18 heavy (non-hydrogen) atoms. The fraction of sp³-hybridized carbons (Fsp3) is 0.364. The van der Waals surface area contributed by atoms with Gasteiger partial charge >= 0.3 is 6.01 Å². The van der Waals surface area contributed by atoms with Crippen LogP contribution in [0.3, 0.4) is 0 Å². The highest BCUT2D eigenvalue weighted by atomic mass is 16.4. The van der Waals surface area contributed by atoms with Gasteiger partial charge in [-0.25, -0.2) is 9.97 Å². The zero-order chi connectivity index (χ0) is 12.5. The third-order valence-electron chi connectivity index (χ3n) is 2.96. The number of amides is 1. The van der Waals surface area contributed by atoms with Crippen LogP contribution in [0.2, 0.25) is 0 Å². The number of nitrogens with one attached hydrogen (secondary N) is 1. The summed E-state index contributed by atoms with van der Waals surface area (Å²) in [6, 6.07) is -0.262. The summed E-state index contributed by atoms with van der Waals surface area (Å²) in [5.74, 6) is 0.409. The quantitative estimate of drug-likeness (QED) is 0.833. The standard InChI is InChI=1S/C11H12N4O3/c1-12-8-9-7(14-6-18-9)2-4-15(10(8)16)11-13-3-5-17-11/h3,5-6,8,12H,2,4H2,1H3. The van der Waals surface area contributed by atoms with Gasteiger partial charge in [0.2, 0.25) is 0 Å². The van der Waals surface area contributed by atoms with Crippen molar-refractivity contribution in [3.63, 3.8) is 0 Å². The minimum atomic E-state index is -0.558. The van der Waals surface area contributed by atoms with Crippen molar-refractivity contribution in [2.75, 3.05) is 18.5 Å². The lowest BCUT2D eigenvalue weighted by molar-refractivity contribution is -0.121. The molecule has 0 saturated heterocycles. The predicted octanol–water partition coefficient (Wildman–Crippen LogP) is 0.512. The number of hydrogen-bond donors (Lipinski definition) is 1. The molecule has 1 amide bonds. The number of oxazole rings is 2. The Labute approximate surface area is 103 Å². The summed E-state index contributed by atoms with van der Waals surface area (Å²) in [6.07, 6.45) is 4.93. The lowest BCUT2D eigenvalue weighted by Crippen LogP contribution is -2.39. The third kappa shape index (κ3) is 1.60. The average molecular weight is 248 g/mol. The Kier molecular flexibility index (Phi) is 2.60. The number of likely N-dealkylation sites (N-methyl/N-ethyl adjacent to an activating group) is 1. The van der Waals surface area contributed by atoms with Crippen molar-refractivity contribution in [2.45, 2.75) is 12.5 Å². The van der Waals surface area contributed by atoms with E-state index in [1.807, 2.05) is 0 Å². The van der Waals surface area contributed by atoms with Crippen LogP contribution in [0.4, 0.5) is 6.01 Å². The van der Waals surface area contributed by atoms with Crippen LogP contribution < -0.4 is 10.2 Å². The summed E-state index contributed by atoms with van der Waals surface area (Å²) < 4.78 is 10.5. The molecule has 2 aromatic heterocycles. The van der Waals surface area contributed by atoms with Gasteiger partial charge in [0, 0.05) is 13.0 Å². The number of carbonyl (C=O) groups excluding carboxylic acids is 1. The number of aromatic nitrogens is 2. The molecule has 0 fully saturated rings. The third-order valence-corrected chi connectivity index (χ3v) is 2.96. The molecule has 1 atom stereocenters. The van der Waals surface area contributed by atoms with Crippen molar-refractivity contribution in [3.05, 3.63) is 30.3 Å². The topological polar surface area (TPSA) is 84.4 Å². The number of fused-ring (bicyclic) bond motifs is 1. The van der Waals surface area contributed by atoms with Crippen LogP contribution in [0.25, 0.3) is 0 Å². The molecule has 1 aliphatic rings. The van der Waals surface area contributed by atoms with Gasteiger partial charge in [-0.3, -0.25) is 9.69 Å². The summed E-state index contributed by atoms with van der Waals surface area (Å²) in [5, 5.41) is 2.93. The molecular formula is C11H12N4O3. The van der Waals surface area contributed by atoms with Crippen LogP contribution in [0.1, 0.15) is 17.5 Å². The number of carbonyl (C=O) groups is 1. The second-order valence-electron chi connectivity index (χ2n) is 3.94. The Morgan fingerprint density at radius 1 is 1.44 bits per heavy atom. The molecule has 3 heterocycles. The molecule has 0 aliphatic carbocycles. The van der Waals surface area contributed by atoms with E-state index in [2.05, 4.69) is 15.3 Å². The maximum absolute atomic E-state index is 12.4. The van der Waals surface area contributed by atoms with Crippen LogP contribution >= 0.6 is 0 Å². The minimum absolute atomic E-state index is 0.157. The van der Waals surface area contributed by atoms with Gasteiger partial charge in [-0.1, -0.05) is 0 Å². The van der Waals surface area contributed by atoms with Crippen molar-refractivity contribution in [1.82, 2.24) is 15.3 Å². The monoisotopic (exact) mass is 248 g/mol. The van der Waals surface area contributed by atoms with Crippen LogP contribution in [-0.2, 0) is 11.2 Å². The van der Waals surface area contributed by atoms with E-state index in [1.54, 1.807) is 7.05 Å². The van der Waals surface area contributed by atoms with Gasteiger partial charge < -0.3 is 14.2 Å². The zero-order valence-electron chi connectivity index (χ0n) is 9.79. The summed E-state index contributed by atoms with van der Waals surface area (Å²) >= 11 is 0. The van der Waals surface area contributed by atoms with E-state index in [4.69, 9.17) is 8.83 Å². The fourth-order valence-electron chi connectivity index (χ4n) is 2.09. The highest BCUT2D eigenvalue weighted by molar-refractivity contribution is 5.96. The highest BCUT2D eigenvalue weighted by Gasteiger charge is 2.35. The van der Waals surface area contributed by atoms with Crippen LogP contribution in [-0.4, -0.2) is 29.5 Å². The van der Waals surface area contributed by atoms with Crippen LogP contribution in [0, 0.1) is 0 Å². The van der Waals surface area contributed by atoms with Crippen molar-refractivity contribution in [3.8, 4) is 0 Å². The Hall–Kier alpha value is -2.15. The van der Waals surface area contributed by atoms with Crippen LogP contribution in [0.15, 0.2) is 27.7 Å². The molecule has 7 nitrogen and oxygen atoms in total.